The normalized spacial score (nSPS) is 12.3. The first-order valence-electron chi connectivity index (χ1n) is 12.9. The van der Waals surface area contributed by atoms with Gasteiger partial charge in [0.15, 0.2) is 0 Å². The van der Waals surface area contributed by atoms with Gasteiger partial charge in [0, 0.05) is 22.8 Å². The van der Waals surface area contributed by atoms with Crippen LogP contribution in [0.3, 0.4) is 0 Å². The van der Waals surface area contributed by atoms with Crippen molar-refractivity contribution in [2.24, 2.45) is 0 Å². The predicted octanol–water partition coefficient (Wildman–Crippen LogP) is 7.18. The highest BCUT2D eigenvalue weighted by Crippen LogP contribution is 2.27. The summed E-state index contributed by atoms with van der Waals surface area (Å²) in [5.74, 6) is 0.625. The van der Waals surface area contributed by atoms with Crippen LogP contribution >= 0.6 is 11.3 Å². The smallest absolute Gasteiger partial charge is 0.408 e. The lowest BCUT2D eigenvalue weighted by Gasteiger charge is -2.24. The maximum Gasteiger partial charge on any atom is 0.408 e. The molecule has 0 saturated heterocycles. The van der Waals surface area contributed by atoms with E-state index in [2.05, 4.69) is 67.7 Å². The Morgan fingerprint density at radius 3 is 2.54 bits per heavy atom. The van der Waals surface area contributed by atoms with Gasteiger partial charge in [0.1, 0.15) is 18.0 Å². The highest BCUT2D eigenvalue weighted by molar-refractivity contribution is 7.08. The third kappa shape index (κ3) is 6.83. The fourth-order valence-corrected chi connectivity index (χ4v) is 5.01. The minimum Gasteiger partial charge on any atom is -0.490 e. The number of carbonyl (C=O) groups excluding carboxylic acids is 1. The number of benzene rings is 2. The lowest BCUT2D eigenvalue weighted by Crippen LogP contribution is -2.43. The van der Waals surface area contributed by atoms with Crippen molar-refractivity contribution in [1.29, 1.82) is 0 Å². The Morgan fingerprint density at radius 1 is 1.00 bits per heavy atom. The van der Waals surface area contributed by atoms with Crippen molar-refractivity contribution in [3.8, 4) is 28.0 Å². The number of aryl methyl sites for hydroxylation is 1. The summed E-state index contributed by atoms with van der Waals surface area (Å²) in [6.07, 6.45) is 3.62. The summed E-state index contributed by atoms with van der Waals surface area (Å²) in [7, 11) is 0. The zero-order valence-corrected chi connectivity index (χ0v) is 23.3. The van der Waals surface area contributed by atoms with Gasteiger partial charge in [-0.1, -0.05) is 30.3 Å². The Kier molecular flexibility index (Phi) is 7.65. The van der Waals surface area contributed by atoms with Gasteiger partial charge in [0.05, 0.1) is 17.8 Å². The Morgan fingerprint density at radius 2 is 1.79 bits per heavy atom. The predicted molar refractivity (Wildman–Crippen MR) is 156 cm³/mol. The second kappa shape index (κ2) is 11.3. The Balaban J connectivity index is 1.31. The number of carbonyl (C=O) groups is 1. The van der Waals surface area contributed by atoms with Gasteiger partial charge in [0.2, 0.25) is 0 Å². The third-order valence-electron chi connectivity index (χ3n) is 6.25. The molecule has 0 aliphatic rings. The number of amides is 1. The summed E-state index contributed by atoms with van der Waals surface area (Å²) in [4.78, 5) is 17.0. The Bertz CT molecular complexity index is 1550. The Labute approximate surface area is 232 Å². The highest BCUT2D eigenvalue weighted by Gasteiger charge is 2.21. The monoisotopic (exact) mass is 540 g/mol. The van der Waals surface area contributed by atoms with Crippen LogP contribution in [0.15, 0.2) is 77.8 Å². The lowest BCUT2D eigenvalue weighted by molar-refractivity contribution is 0.0487. The number of ether oxygens (including phenoxy) is 2. The van der Waals surface area contributed by atoms with E-state index in [1.807, 2.05) is 52.1 Å². The van der Waals surface area contributed by atoms with Crippen LogP contribution in [0.25, 0.3) is 33.2 Å². The molecule has 0 bridgehead atoms. The molecule has 5 aromatic rings. The number of thiophene rings is 1. The number of nitrogens with one attached hydrogen (secondary N) is 2. The van der Waals surface area contributed by atoms with Crippen molar-refractivity contribution in [2.75, 3.05) is 6.61 Å². The van der Waals surface area contributed by atoms with Gasteiger partial charge in [-0.2, -0.15) is 16.4 Å². The molecule has 0 spiro atoms. The van der Waals surface area contributed by atoms with Crippen LogP contribution < -0.4 is 10.1 Å². The van der Waals surface area contributed by atoms with Crippen molar-refractivity contribution < 1.29 is 14.3 Å². The SMILES string of the molecule is Cc1[nH]nc2ccc(-c3cncc(OCC(Cc4ccc(-c5ccsc5)cc4)NC(=O)OC(C)(C)C)c3)cc12. The number of pyridine rings is 1. The van der Waals surface area contributed by atoms with Gasteiger partial charge in [-0.25, -0.2) is 4.79 Å². The molecule has 3 aromatic heterocycles. The molecule has 3 heterocycles. The standard InChI is InChI=1S/C31H32N4O3S/c1-20-28-15-23(9-10-29(28)35-34-20)25-14-27(17-32-16-25)37-18-26(33-30(36)38-31(2,3)4)13-21-5-7-22(8-6-21)24-11-12-39-19-24/h5-12,14-17,19,26H,13,18H2,1-4H3,(H,33,36)(H,34,35). The number of hydrogen-bond acceptors (Lipinski definition) is 6. The molecule has 5 rings (SSSR count). The van der Waals surface area contributed by atoms with Gasteiger partial charge in [-0.05, 0) is 91.4 Å². The zero-order valence-electron chi connectivity index (χ0n) is 22.5. The number of rotatable bonds is 8. The summed E-state index contributed by atoms with van der Waals surface area (Å²) < 4.78 is 11.7. The van der Waals surface area contributed by atoms with Crippen molar-refractivity contribution in [2.45, 2.75) is 45.8 Å². The number of fused-ring (bicyclic) bond motifs is 1. The summed E-state index contributed by atoms with van der Waals surface area (Å²) in [5, 5.41) is 15.6. The molecule has 200 valence electrons. The molecule has 2 N–H and O–H groups in total. The Hall–Kier alpha value is -4.17. The van der Waals surface area contributed by atoms with E-state index < -0.39 is 11.7 Å². The quantitative estimate of drug-likeness (QED) is 0.218. The maximum atomic E-state index is 12.6. The summed E-state index contributed by atoms with van der Waals surface area (Å²) >= 11 is 1.68. The molecule has 0 fully saturated rings. The van der Waals surface area contributed by atoms with E-state index in [4.69, 9.17) is 9.47 Å². The van der Waals surface area contributed by atoms with Crippen LogP contribution in [-0.2, 0) is 11.2 Å². The molecular formula is C31H32N4O3S. The van der Waals surface area contributed by atoms with Gasteiger partial charge >= 0.3 is 6.09 Å². The molecule has 0 radical (unpaired) electrons. The van der Waals surface area contributed by atoms with Gasteiger partial charge in [-0.15, -0.1) is 0 Å². The van der Waals surface area contributed by atoms with Gasteiger partial charge in [0.25, 0.3) is 0 Å². The van der Waals surface area contributed by atoms with E-state index >= 15 is 0 Å². The van der Waals surface area contributed by atoms with E-state index in [0.717, 1.165) is 33.3 Å². The second-order valence-corrected chi connectivity index (χ2v) is 11.3. The first-order chi connectivity index (χ1) is 18.7. The average Bonchev–Trinajstić information content (AvgIpc) is 3.57. The maximum absolute atomic E-state index is 12.6. The molecular weight excluding hydrogens is 508 g/mol. The number of aromatic nitrogens is 3. The van der Waals surface area contributed by atoms with Crippen LogP contribution in [0.2, 0.25) is 0 Å². The number of hydrogen-bond donors (Lipinski definition) is 2. The van der Waals surface area contributed by atoms with E-state index in [1.165, 1.54) is 11.1 Å². The van der Waals surface area contributed by atoms with Crippen molar-refractivity contribution in [1.82, 2.24) is 20.5 Å². The first-order valence-corrected chi connectivity index (χ1v) is 13.8. The second-order valence-electron chi connectivity index (χ2n) is 10.6. The molecule has 1 unspecified atom stereocenters. The summed E-state index contributed by atoms with van der Waals surface area (Å²) in [6, 6.07) is 18.3. The third-order valence-corrected chi connectivity index (χ3v) is 6.94. The minimum atomic E-state index is -0.593. The van der Waals surface area contributed by atoms with Crippen LogP contribution in [0, 0.1) is 6.92 Å². The molecule has 0 aliphatic carbocycles. The number of aromatic amines is 1. The molecule has 1 amide bonds. The van der Waals surface area contributed by atoms with E-state index in [1.54, 1.807) is 17.5 Å². The summed E-state index contributed by atoms with van der Waals surface area (Å²) in [6.45, 7) is 7.81. The van der Waals surface area contributed by atoms with Crippen molar-refractivity contribution in [3.05, 3.63) is 89.0 Å². The van der Waals surface area contributed by atoms with Crippen molar-refractivity contribution in [3.63, 3.8) is 0 Å². The number of alkyl carbamates (subject to hydrolysis) is 1. The first kappa shape index (κ1) is 26.4. The minimum absolute atomic E-state index is 0.260. The zero-order chi connectivity index (χ0) is 27.4. The van der Waals surface area contributed by atoms with Crippen molar-refractivity contribution >= 4 is 28.3 Å². The van der Waals surface area contributed by atoms with E-state index in [0.29, 0.717) is 12.2 Å². The van der Waals surface area contributed by atoms with Crippen LogP contribution in [0.4, 0.5) is 4.79 Å². The van der Waals surface area contributed by atoms with E-state index in [-0.39, 0.29) is 12.6 Å². The van der Waals surface area contributed by atoms with Gasteiger partial charge in [-0.3, -0.25) is 10.1 Å². The topological polar surface area (TPSA) is 89.1 Å². The van der Waals surface area contributed by atoms with Crippen LogP contribution in [0.5, 0.6) is 5.75 Å². The fourth-order valence-electron chi connectivity index (χ4n) is 4.34. The molecule has 1 atom stereocenters. The molecule has 39 heavy (non-hydrogen) atoms. The van der Waals surface area contributed by atoms with E-state index in [9.17, 15) is 4.79 Å². The average molecular weight is 541 g/mol. The number of H-pyrrole nitrogens is 1. The largest absolute Gasteiger partial charge is 0.490 e. The summed E-state index contributed by atoms with van der Waals surface area (Å²) in [5.41, 5.74) is 6.78. The molecule has 0 aliphatic heterocycles. The molecule has 8 heteroatoms. The van der Waals surface area contributed by atoms with Gasteiger partial charge < -0.3 is 14.8 Å². The van der Waals surface area contributed by atoms with Crippen LogP contribution in [-0.4, -0.2) is 39.5 Å². The fraction of sp³-hybridized carbons (Fsp3) is 0.258. The highest BCUT2D eigenvalue weighted by atomic mass is 32.1. The molecule has 0 saturated carbocycles. The lowest BCUT2D eigenvalue weighted by atomic mass is 10.0. The molecule has 2 aromatic carbocycles. The number of nitrogens with zero attached hydrogens (tertiary/aromatic N) is 2. The molecule has 7 nitrogen and oxygen atoms in total. The van der Waals surface area contributed by atoms with Crippen LogP contribution in [0.1, 0.15) is 32.0 Å².